The minimum atomic E-state index is -0.717. The number of benzene rings is 2. The summed E-state index contributed by atoms with van der Waals surface area (Å²) in [5, 5.41) is 6.39. The van der Waals surface area contributed by atoms with Crippen LogP contribution in [0.4, 0.5) is 10.1 Å². The molecule has 1 amide bonds. The summed E-state index contributed by atoms with van der Waals surface area (Å²) in [6.07, 6.45) is 1.35. The van der Waals surface area contributed by atoms with Crippen LogP contribution >= 0.6 is 0 Å². The summed E-state index contributed by atoms with van der Waals surface area (Å²) in [5.74, 6) is -0.318. The van der Waals surface area contributed by atoms with E-state index in [1.165, 1.54) is 17.7 Å². The molecule has 1 fully saturated rings. The Morgan fingerprint density at radius 1 is 1.11 bits per heavy atom. The standard InChI is InChI=1S/C22H28FN3O/c1-17(2)24-21(27)22(25-20-10-6-9-19(23)15-20)11-13-26(14-12-22)16-18-7-4-3-5-8-18/h3-10,15,17,25H,11-14,16H2,1-2H3,(H,24,27). The zero-order chi connectivity index (χ0) is 19.3. The highest BCUT2D eigenvalue weighted by molar-refractivity contribution is 5.89. The third-order valence-electron chi connectivity index (χ3n) is 5.02. The van der Waals surface area contributed by atoms with Crippen molar-refractivity contribution in [2.75, 3.05) is 18.4 Å². The maximum Gasteiger partial charge on any atom is 0.245 e. The summed E-state index contributed by atoms with van der Waals surface area (Å²) in [5.41, 5.74) is 1.20. The van der Waals surface area contributed by atoms with Crippen molar-refractivity contribution in [2.45, 2.75) is 44.8 Å². The van der Waals surface area contributed by atoms with Crippen LogP contribution < -0.4 is 10.6 Å². The molecule has 144 valence electrons. The van der Waals surface area contributed by atoms with E-state index in [1.54, 1.807) is 6.07 Å². The van der Waals surface area contributed by atoms with E-state index in [1.807, 2.05) is 38.1 Å². The molecule has 0 atom stereocenters. The lowest BCUT2D eigenvalue weighted by Crippen LogP contribution is -2.59. The van der Waals surface area contributed by atoms with Crippen molar-refractivity contribution in [1.29, 1.82) is 0 Å². The van der Waals surface area contributed by atoms with Gasteiger partial charge in [-0.25, -0.2) is 4.39 Å². The summed E-state index contributed by atoms with van der Waals surface area (Å²) in [6, 6.07) is 16.7. The largest absolute Gasteiger partial charge is 0.371 e. The van der Waals surface area contributed by atoms with Gasteiger partial charge in [0, 0.05) is 31.4 Å². The Bertz CT molecular complexity index is 755. The smallest absolute Gasteiger partial charge is 0.245 e. The summed E-state index contributed by atoms with van der Waals surface area (Å²) >= 11 is 0. The maximum atomic E-state index is 13.6. The lowest BCUT2D eigenvalue weighted by Gasteiger charge is -2.42. The number of rotatable bonds is 6. The number of anilines is 1. The Morgan fingerprint density at radius 2 is 1.81 bits per heavy atom. The second kappa shape index (κ2) is 8.53. The molecule has 0 radical (unpaired) electrons. The first-order chi connectivity index (χ1) is 13.0. The molecule has 0 unspecified atom stereocenters. The SMILES string of the molecule is CC(C)NC(=O)C1(Nc2cccc(F)c2)CCN(Cc2ccccc2)CC1. The maximum absolute atomic E-state index is 13.6. The number of hydrogen-bond donors (Lipinski definition) is 2. The molecule has 0 aromatic heterocycles. The van der Waals surface area contributed by atoms with Crippen LogP contribution in [0.1, 0.15) is 32.3 Å². The predicted molar refractivity (Wildman–Crippen MR) is 107 cm³/mol. The molecule has 5 heteroatoms. The second-order valence-electron chi connectivity index (χ2n) is 7.61. The van der Waals surface area contributed by atoms with Gasteiger partial charge in [0.25, 0.3) is 0 Å². The number of nitrogens with one attached hydrogen (secondary N) is 2. The van der Waals surface area contributed by atoms with Gasteiger partial charge in [0.05, 0.1) is 0 Å². The highest BCUT2D eigenvalue weighted by Crippen LogP contribution is 2.29. The van der Waals surface area contributed by atoms with Crippen molar-refractivity contribution in [1.82, 2.24) is 10.2 Å². The lowest BCUT2D eigenvalue weighted by molar-refractivity contribution is -0.127. The zero-order valence-electron chi connectivity index (χ0n) is 16.0. The fourth-order valence-electron chi connectivity index (χ4n) is 3.59. The summed E-state index contributed by atoms with van der Waals surface area (Å²) in [6.45, 7) is 6.41. The first-order valence-electron chi connectivity index (χ1n) is 9.58. The van der Waals surface area contributed by atoms with Crippen molar-refractivity contribution in [3.05, 3.63) is 66.0 Å². The highest BCUT2D eigenvalue weighted by Gasteiger charge is 2.41. The minimum absolute atomic E-state index is 0.0128. The molecule has 4 nitrogen and oxygen atoms in total. The highest BCUT2D eigenvalue weighted by atomic mass is 19.1. The third-order valence-corrected chi connectivity index (χ3v) is 5.02. The Balaban J connectivity index is 1.73. The normalized spacial score (nSPS) is 16.9. The molecule has 1 aliphatic heterocycles. The molecule has 2 aromatic carbocycles. The molecular weight excluding hydrogens is 341 g/mol. The first kappa shape index (κ1) is 19.4. The predicted octanol–water partition coefficient (Wildman–Crippen LogP) is 3.80. The van der Waals surface area contributed by atoms with E-state index in [-0.39, 0.29) is 17.8 Å². The average molecular weight is 369 g/mol. The number of halogens is 1. The first-order valence-corrected chi connectivity index (χ1v) is 9.58. The van der Waals surface area contributed by atoms with Crippen molar-refractivity contribution >= 4 is 11.6 Å². The minimum Gasteiger partial charge on any atom is -0.371 e. The van der Waals surface area contributed by atoms with Crippen LogP contribution in [0, 0.1) is 5.82 Å². The fraction of sp³-hybridized carbons (Fsp3) is 0.409. The van der Waals surface area contributed by atoms with Gasteiger partial charge in [-0.1, -0.05) is 36.4 Å². The molecule has 0 spiro atoms. The van der Waals surface area contributed by atoms with E-state index in [2.05, 4.69) is 27.7 Å². The summed E-state index contributed by atoms with van der Waals surface area (Å²) in [7, 11) is 0. The topological polar surface area (TPSA) is 44.4 Å². The number of carbonyl (C=O) groups excluding carboxylic acids is 1. The van der Waals surface area contributed by atoms with Gasteiger partial charge in [-0.2, -0.15) is 0 Å². The van der Waals surface area contributed by atoms with Crippen LogP contribution in [0.3, 0.4) is 0 Å². The molecule has 1 aliphatic rings. The molecule has 3 rings (SSSR count). The van der Waals surface area contributed by atoms with Crippen molar-refractivity contribution in [3.63, 3.8) is 0 Å². The molecule has 0 saturated carbocycles. The zero-order valence-corrected chi connectivity index (χ0v) is 16.0. The van der Waals surface area contributed by atoms with Crippen LogP contribution in [0.2, 0.25) is 0 Å². The van der Waals surface area contributed by atoms with Gasteiger partial charge < -0.3 is 10.6 Å². The average Bonchev–Trinajstić information content (AvgIpc) is 2.64. The van der Waals surface area contributed by atoms with Crippen molar-refractivity contribution < 1.29 is 9.18 Å². The number of hydrogen-bond acceptors (Lipinski definition) is 3. The molecule has 1 heterocycles. The van der Waals surface area contributed by atoms with Crippen LogP contribution in [-0.2, 0) is 11.3 Å². The summed E-state index contributed by atoms with van der Waals surface area (Å²) in [4.78, 5) is 15.4. The van der Waals surface area contributed by atoms with Gasteiger partial charge in [0.2, 0.25) is 5.91 Å². The number of amides is 1. The Kier molecular flexibility index (Phi) is 6.11. The van der Waals surface area contributed by atoms with Crippen LogP contribution in [0.15, 0.2) is 54.6 Å². The second-order valence-corrected chi connectivity index (χ2v) is 7.61. The molecule has 27 heavy (non-hydrogen) atoms. The van der Waals surface area contributed by atoms with E-state index in [0.717, 1.165) is 19.6 Å². The van der Waals surface area contributed by atoms with E-state index in [4.69, 9.17) is 0 Å². The Labute approximate surface area is 160 Å². The molecular formula is C22H28FN3O. The van der Waals surface area contributed by atoms with Gasteiger partial charge in [-0.15, -0.1) is 0 Å². The van der Waals surface area contributed by atoms with Gasteiger partial charge >= 0.3 is 0 Å². The van der Waals surface area contributed by atoms with Crippen LogP contribution in [-0.4, -0.2) is 35.5 Å². The van der Waals surface area contributed by atoms with Crippen LogP contribution in [0.5, 0.6) is 0 Å². The lowest BCUT2D eigenvalue weighted by atomic mass is 9.85. The third kappa shape index (κ3) is 5.07. The monoisotopic (exact) mass is 369 g/mol. The number of nitrogens with zero attached hydrogens (tertiary/aromatic N) is 1. The summed E-state index contributed by atoms with van der Waals surface area (Å²) < 4.78 is 13.6. The van der Waals surface area contributed by atoms with Crippen LogP contribution in [0.25, 0.3) is 0 Å². The molecule has 0 aliphatic carbocycles. The number of carbonyl (C=O) groups is 1. The van der Waals surface area contributed by atoms with Crippen molar-refractivity contribution in [3.8, 4) is 0 Å². The molecule has 2 N–H and O–H groups in total. The van der Waals surface area contributed by atoms with Gasteiger partial charge in [-0.05, 0) is 50.5 Å². The molecule has 2 aromatic rings. The number of piperidine rings is 1. The van der Waals surface area contributed by atoms with Gasteiger partial charge in [0.1, 0.15) is 11.4 Å². The quantitative estimate of drug-likeness (QED) is 0.814. The fourth-order valence-corrected chi connectivity index (χ4v) is 3.59. The van der Waals surface area contributed by atoms with E-state index < -0.39 is 5.54 Å². The van der Waals surface area contributed by atoms with Crippen molar-refractivity contribution in [2.24, 2.45) is 0 Å². The Hall–Kier alpha value is -2.40. The molecule has 0 bridgehead atoms. The van der Waals surface area contributed by atoms with E-state index in [0.29, 0.717) is 18.5 Å². The molecule has 1 saturated heterocycles. The van der Waals surface area contributed by atoms with E-state index in [9.17, 15) is 9.18 Å². The van der Waals surface area contributed by atoms with E-state index >= 15 is 0 Å². The number of likely N-dealkylation sites (tertiary alicyclic amines) is 1. The van der Waals surface area contributed by atoms with Gasteiger partial charge in [-0.3, -0.25) is 9.69 Å². The van der Waals surface area contributed by atoms with Gasteiger partial charge in [0.15, 0.2) is 0 Å². The Morgan fingerprint density at radius 3 is 2.44 bits per heavy atom.